The minimum atomic E-state index is -0.0264. The van der Waals surface area contributed by atoms with Gasteiger partial charge in [-0.15, -0.1) is 0 Å². The first-order valence-corrected chi connectivity index (χ1v) is 6.48. The van der Waals surface area contributed by atoms with Crippen molar-refractivity contribution < 1.29 is 9.84 Å². The van der Waals surface area contributed by atoms with Crippen LogP contribution in [0.1, 0.15) is 22.4 Å². The Kier molecular flexibility index (Phi) is 4.42. The molecule has 0 aliphatic carbocycles. The maximum atomic E-state index is 9.15. The number of methoxy groups -OCH3 is 1. The number of aliphatic hydroxyl groups is 1. The summed E-state index contributed by atoms with van der Waals surface area (Å²) in [7, 11) is 1.59. The number of hydrogen-bond donors (Lipinski definition) is 2. The number of halogens is 1. The molecule has 0 fully saturated rings. The second kappa shape index (κ2) is 6.07. The molecular weight excluding hydrogens is 278 g/mol. The minimum Gasteiger partial charge on any atom is -0.496 e. The molecule has 5 nitrogen and oxygen atoms in total. The maximum Gasteiger partial charge on any atom is 0.221 e. The molecule has 2 aromatic rings. The minimum absolute atomic E-state index is 0.0264. The third-order valence-electron chi connectivity index (χ3n) is 3.08. The Labute approximate surface area is 122 Å². The Morgan fingerprint density at radius 2 is 2.10 bits per heavy atom. The number of benzene rings is 1. The first-order valence-electron chi connectivity index (χ1n) is 6.10. The Balaban J connectivity index is 2.40. The number of aliphatic hydroxyl groups excluding tert-OH is 1. The lowest BCUT2D eigenvalue weighted by Gasteiger charge is -2.12. The number of aromatic nitrogens is 2. The predicted molar refractivity (Wildman–Crippen MR) is 77.9 cm³/mol. The zero-order valence-corrected chi connectivity index (χ0v) is 12.1. The van der Waals surface area contributed by atoms with Crippen molar-refractivity contribution in [3.63, 3.8) is 0 Å². The fourth-order valence-electron chi connectivity index (χ4n) is 2.01. The molecule has 20 heavy (non-hydrogen) atoms. The quantitative estimate of drug-likeness (QED) is 0.844. The lowest BCUT2D eigenvalue weighted by atomic mass is 10.0. The summed E-state index contributed by atoms with van der Waals surface area (Å²) in [6.07, 6.45) is 0.541. The number of nitrogens with two attached hydrogens (primary N) is 1. The molecule has 0 bridgehead atoms. The first kappa shape index (κ1) is 14.6. The number of hydrogen-bond acceptors (Lipinski definition) is 5. The van der Waals surface area contributed by atoms with Gasteiger partial charge in [-0.1, -0.05) is 23.7 Å². The molecule has 106 valence electrons. The van der Waals surface area contributed by atoms with E-state index in [1.807, 2.05) is 19.1 Å². The summed E-state index contributed by atoms with van der Waals surface area (Å²) in [5.74, 6) is 0.864. The maximum absolute atomic E-state index is 9.15. The van der Waals surface area contributed by atoms with Gasteiger partial charge >= 0.3 is 0 Å². The molecule has 6 heteroatoms. The second-order valence-electron chi connectivity index (χ2n) is 4.42. The Bertz CT molecular complexity index is 609. The standard InChI is InChI=1S/C14H16ClN3O2/c1-8-11(13(15)18-14(16)17-8)6-10-4-3-9(7-19)5-12(10)20-2/h3-5,19H,6-7H2,1-2H3,(H2,16,17,18). The molecule has 1 aromatic carbocycles. The summed E-state index contributed by atoms with van der Waals surface area (Å²) in [5, 5.41) is 9.50. The lowest BCUT2D eigenvalue weighted by Crippen LogP contribution is -2.04. The molecule has 0 radical (unpaired) electrons. The van der Waals surface area contributed by atoms with E-state index in [4.69, 9.17) is 27.2 Å². The van der Waals surface area contributed by atoms with Gasteiger partial charge in [-0.2, -0.15) is 0 Å². The van der Waals surface area contributed by atoms with Gasteiger partial charge in [-0.3, -0.25) is 0 Å². The topological polar surface area (TPSA) is 81.3 Å². The molecule has 0 saturated heterocycles. The fourth-order valence-corrected chi connectivity index (χ4v) is 2.30. The van der Waals surface area contributed by atoms with Gasteiger partial charge in [-0.25, -0.2) is 9.97 Å². The Morgan fingerprint density at radius 3 is 2.70 bits per heavy atom. The van der Waals surface area contributed by atoms with Crippen LogP contribution in [0.25, 0.3) is 0 Å². The number of nitrogen functional groups attached to an aromatic ring is 1. The van der Waals surface area contributed by atoms with Crippen LogP contribution in [0.5, 0.6) is 5.75 Å². The predicted octanol–water partition coefficient (Wildman–Crippen LogP) is 2.11. The van der Waals surface area contributed by atoms with E-state index < -0.39 is 0 Å². The van der Waals surface area contributed by atoms with Gasteiger partial charge in [0, 0.05) is 17.7 Å². The van der Waals surface area contributed by atoms with Crippen LogP contribution in [0.4, 0.5) is 5.95 Å². The number of nitrogens with zero attached hydrogens (tertiary/aromatic N) is 2. The number of aryl methyl sites for hydroxylation is 1. The Hall–Kier alpha value is -1.85. The smallest absolute Gasteiger partial charge is 0.221 e. The average molecular weight is 294 g/mol. The molecule has 0 atom stereocenters. The Morgan fingerprint density at radius 1 is 1.35 bits per heavy atom. The van der Waals surface area contributed by atoms with E-state index in [9.17, 15) is 0 Å². The SMILES string of the molecule is COc1cc(CO)ccc1Cc1c(C)nc(N)nc1Cl. The second-order valence-corrected chi connectivity index (χ2v) is 4.78. The van der Waals surface area contributed by atoms with Gasteiger partial charge < -0.3 is 15.6 Å². The van der Waals surface area contributed by atoms with Crippen molar-refractivity contribution in [1.82, 2.24) is 9.97 Å². The third-order valence-corrected chi connectivity index (χ3v) is 3.39. The van der Waals surface area contributed by atoms with Crippen molar-refractivity contribution in [2.24, 2.45) is 0 Å². The molecule has 1 heterocycles. The van der Waals surface area contributed by atoms with E-state index in [0.717, 1.165) is 22.4 Å². The number of ether oxygens (including phenoxy) is 1. The number of rotatable bonds is 4. The normalized spacial score (nSPS) is 10.6. The lowest BCUT2D eigenvalue weighted by molar-refractivity contribution is 0.281. The van der Waals surface area contributed by atoms with E-state index >= 15 is 0 Å². The highest BCUT2D eigenvalue weighted by Crippen LogP contribution is 2.27. The van der Waals surface area contributed by atoms with Crippen LogP contribution >= 0.6 is 11.6 Å². The van der Waals surface area contributed by atoms with Crippen molar-refractivity contribution in [2.75, 3.05) is 12.8 Å². The van der Waals surface area contributed by atoms with Crippen LogP contribution in [0.15, 0.2) is 18.2 Å². The van der Waals surface area contributed by atoms with Crippen LogP contribution in [0.2, 0.25) is 5.15 Å². The molecule has 0 aliphatic heterocycles. The van der Waals surface area contributed by atoms with Crippen LogP contribution in [0.3, 0.4) is 0 Å². The van der Waals surface area contributed by atoms with Gasteiger partial charge in [0.1, 0.15) is 10.9 Å². The third kappa shape index (κ3) is 3.00. The summed E-state index contributed by atoms with van der Waals surface area (Å²) < 4.78 is 5.34. The van der Waals surface area contributed by atoms with E-state index in [2.05, 4.69) is 9.97 Å². The van der Waals surface area contributed by atoms with Crippen molar-refractivity contribution >= 4 is 17.5 Å². The zero-order valence-electron chi connectivity index (χ0n) is 11.4. The highest BCUT2D eigenvalue weighted by Gasteiger charge is 2.12. The summed E-state index contributed by atoms with van der Waals surface area (Å²) in [6.45, 7) is 1.81. The zero-order chi connectivity index (χ0) is 14.7. The molecule has 2 rings (SSSR count). The molecular formula is C14H16ClN3O2. The van der Waals surface area contributed by atoms with Crippen LogP contribution in [-0.2, 0) is 13.0 Å². The molecule has 0 amide bonds. The van der Waals surface area contributed by atoms with Crippen LogP contribution in [0, 0.1) is 6.92 Å². The summed E-state index contributed by atoms with van der Waals surface area (Å²) in [4.78, 5) is 8.09. The summed E-state index contributed by atoms with van der Waals surface area (Å²) >= 11 is 6.13. The molecule has 1 aromatic heterocycles. The van der Waals surface area contributed by atoms with Crippen molar-refractivity contribution in [2.45, 2.75) is 20.0 Å². The highest BCUT2D eigenvalue weighted by molar-refractivity contribution is 6.30. The summed E-state index contributed by atoms with van der Waals surface area (Å²) in [5.41, 5.74) is 8.86. The molecule has 0 spiro atoms. The largest absolute Gasteiger partial charge is 0.496 e. The van der Waals surface area contributed by atoms with Gasteiger partial charge in [0.15, 0.2) is 0 Å². The van der Waals surface area contributed by atoms with E-state index in [1.165, 1.54) is 0 Å². The van der Waals surface area contributed by atoms with Crippen LogP contribution in [-0.4, -0.2) is 22.2 Å². The number of anilines is 1. The molecule has 3 N–H and O–H groups in total. The molecule has 0 unspecified atom stereocenters. The van der Waals surface area contributed by atoms with E-state index in [1.54, 1.807) is 13.2 Å². The first-order chi connectivity index (χ1) is 9.55. The monoisotopic (exact) mass is 293 g/mol. The summed E-state index contributed by atoms with van der Waals surface area (Å²) in [6, 6.07) is 5.55. The van der Waals surface area contributed by atoms with Crippen LogP contribution < -0.4 is 10.5 Å². The van der Waals surface area contributed by atoms with Crippen molar-refractivity contribution in [3.8, 4) is 5.75 Å². The van der Waals surface area contributed by atoms with Gasteiger partial charge in [0.05, 0.1) is 13.7 Å². The molecule has 0 aliphatic rings. The van der Waals surface area contributed by atoms with Crippen molar-refractivity contribution in [3.05, 3.63) is 45.7 Å². The van der Waals surface area contributed by atoms with Gasteiger partial charge in [-0.05, 0) is 24.1 Å². The van der Waals surface area contributed by atoms with Crippen molar-refractivity contribution in [1.29, 1.82) is 0 Å². The van der Waals surface area contributed by atoms with E-state index in [-0.39, 0.29) is 12.6 Å². The highest BCUT2D eigenvalue weighted by atomic mass is 35.5. The van der Waals surface area contributed by atoms with Gasteiger partial charge in [0.25, 0.3) is 0 Å². The van der Waals surface area contributed by atoms with Gasteiger partial charge in [0.2, 0.25) is 5.95 Å². The van der Waals surface area contributed by atoms with E-state index in [0.29, 0.717) is 17.3 Å². The molecule has 0 saturated carbocycles. The average Bonchev–Trinajstić information content (AvgIpc) is 2.42. The fraction of sp³-hybridized carbons (Fsp3) is 0.286.